The highest BCUT2D eigenvalue weighted by Gasteiger charge is 2.16. The van der Waals surface area contributed by atoms with E-state index in [2.05, 4.69) is 40.6 Å². The zero-order valence-corrected chi connectivity index (χ0v) is 13.4. The summed E-state index contributed by atoms with van der Waals surface area (Å²) >= 11 is 3.43. The molecule has 18 heavy (non-hydrogen) atoms. The first kappa shape index (κ1) is 13.3. The number of rotatable bonds is 3. The van der Waals surface area contributed by atoms with Crippen LogP contribution in [0.25, 0.3) is 11.3 Å². The first-order chi connectivity index (χ1) is 8.44. The lowest BCUT2D eigenvalue weighted by Gasteiger charge is -2.18. The van der Waals surface area contributed by atoms with Crippen LogP contribution in [0.1, 0.15) is 0 Å². The molecule has 0 atom stereocenters. The molecule has 0 aliphatic carbocycles. The largest absolute Gasteiger partial charge is 0.543 e. The van der Waals surface area contributed by atoms with Crippen LogP contribution in [0, 0.1) is 0 Å². The van der Waals surface area contributed by atoms with Gasteiger partial charge in [0.05, 0.1) is 11.9 Å². The van der Waals surface area contributed by atoms with Gasteiger partial charge in [-0.05, 0) is 43.9 Å². The van der Waals surface area contributed by atoms with Crippen LogP contribution < -0.4 is 4.43 Å². The number of nitrogens with zero attached hydrogens (tertiary/aromatic N) is 1. The van der Waals surface area contributed by atoms with E-state index in [1.165, 1.54) is 0 Å². The third-order valence-corrected chi connectivity index (χ3v) is 3.68. The fraction of sp³-hybridized carbons (Fsp3) is 0.214. The maximum absolute atomic E-state index is 5.88. The molecule has 1 heterocycles. The summed E-state index contributed by atoms with van der Waals surface area (Å²) in [5.74, 6) is 0.857. The lowest BCUT2D eigenvalue weighted by Crippen LogP contribution is -2.29. The molecule has 0 aliphatic rings. The maximum atomic E-state index is 5.88. The highest BCUT2D eigenvalue weighted by Crippen LogP contribution is 2.22. The maximum Gasteiger partial charge on any atom is 0.242 e. The van der Waals surface area contributed by atoms with Crippen molar-refractivity contribution in [3.63, 3.8) is 0 Å². The van der Waals surface area contributed by atoms with Crippen molar-refractivity contribution >= 4 is 24.2 Å². The van der Waals surface area contributed by atoms with Gasteiger partial charge in [0.25, 0.3) is 0 Å². The van der Waals surface area contributed by atoms with Crippen molar-refractivity contribution < 1.29 is 4.43 Å². The standard InChI is InChI=1S/C14H16BrNOSi/c1-18(2,3)17-13-8-9-14(16-10-13)11-4-6-12(15)7-5-11/h4-10H,1-3H3. The van der Waals surface area contributed by atoms with Gasteiger partial charge in [-0.1, -0.05) is 28.1 Å². The first-order valence-electron chi connectivity index (χ1n) is 5.85. The topological polar surface area (TPSA) is 22.1 Å². The van der Waals surface area contributed by atoms with Gasteiger partial charge < -0.3 is 4.43 Å². The van der Waals surface area contributed by atoms with Crippen LogP contribution in [0.2, 0.25) is 19.6 Å². The molecule has 1 aromatic carbocycles. The molecular weight excluding hydrogens is 306 g/mol. The number of hydrogen-bond acceptors (Lipinski definition) is 2. The fourth-order valence-corrected chi connectivity index (χ4v) is 2.68. The summed E-state index contributed by atoms with van der Waals surface area (Å²) in [7, 11) is -1.55. The SMILES string of the molecule is C[Si](C)(C)Oc1ccc(-c2ccc(Br)cc2)nc1. The van der Waals surface area contributed by atoms with E-state index < -0.39 is 8.32 Å². The van der Waals surface area contributed by atoms with Crippen molar-refractivity contribution in [1.82, 2.24) is 4.98 Å². The van der Waals surface area contributed by atoms with E-state index in [1.807, 2.05) is 36.4 Å². The van der Waals surface area contributed by atoms with Gasteiger partial charge in [-0.25, -0.2) is 0 Å². The second-order valence-electron chi connectivity index (χ2n) is 5.10. The van der Waals surface area contributed by atoms with Gasteiger partial charge in [0.15, 0.2) is 0 Å². The summed E-state index contributed by atoms with van der Waals surface area (Å²) < 4.78 is 6.95. The Balaban J connectivity index is 2.20. The molecule has 0 bridgehead atoms. The molecule has 0 unspecified atom stereocenters. The average Bonchev–Trinajstić information content (AvgIpc) is 2.29. The van der Waals surface area contributed by atoms with Crippen molar-refractivity contribution in [2.45, 2.75) is 19.6 Å². The third kappa shape index (κ3) is 3.68. The summed E-state index contributed by atoms with van der Waals surface area (Å²) in [5.41, 5.74) is 2.07. The summed E-state index contributed by atoms with van der Waals surface area (Å²) in [6.07, 6.45) is 1.80. The van der Waals surface area contributed by atoms with E-state index in [9.17, 15) is 0 Å². The third-order valence-electron chi connectivity index (χ3n) is 2.30. The molecule has 0 spiro atoms. The Morgan fingerprint density at radius 2 is 1.67 bits per heavy atom. The molecule has 2 rings (SSSR count). The quantitative estimate of drug-likeness (QED) is 0.763. The Hall–Kier alpha value is -1.13. The summed E-state index contributed by atoms with van der Waals surface area (Å²) in [6, 6.07) is 12.1. The van der Waals surface area contributed by atoms with Crippen molar-refractivity contribution in [2.24, 2.45) is 0 Å². The Morgan fingerprint density at radius 3 is 2.17 bits per heavy atom. The Morgan fingerprint density at radius 1 is 1.00 bits per heavy atom. The molecule has 0 radical (unpaired) electrons. The highest BCUT2D eigenvalue weighted by atomic mass is 79.9. The molecule has 0 N–H and O–H groups in total. The first-order valence-corrected chi connectivity index (χ1v) is 10.1. The Labute approximate surface area is 117 Å². The monoisotopic (exact) mass is 321 g/mol. The predicted molar refractivity (Wildman–Crippen MR) is 81.3 cm³/mol. The summed E-state index contributed by atoms with van der Waals surface area (Å²) in [6.45, 7) is 6.49. The van der Waals surface area contributed by atoms with Crippen LogP contribution in [-0.4, -0.2) is 13.3 Å². The number of pyridine rings is 1. The zero-order chi connectivity index (χ0) is 13.2. The molecule has 2 nitrogen and oxygen atoms in total. The molecule has 2 aromatic rings. The van der Waals surface area contributed by atoms with Crippen molar-refractivity contribution in [3.8, 4) is 17.0 Å². The van der Waals surface area contributed by atoms with Gasteiger partial charge in [-0.2, -0.15) is 0 Å². The van der Waals surface area contributed by atoms with E-state index in [0.29, 0.717) is 0 Å². The minimum Gasteiger partial charge on any atom is -0.543 e. The van der Waals surface area contributed by atoms with E-state index in [0.717, 1.165) is 21.5 Å². The van der Waals surface area contributed by atoms with Gasteiger partial charge in [0.1, 0.15) is 5.75 Å². The van der Waals surface area contributed by atoms with E-state index in [-0.39, 0.29) is 0 Å². The lowest BCUT2D eigenvalue weighted by atomic mass is 10.1. The van der Waals surface area contributed by atoms with Gasteiger partial charge in [0, 0.05) is 10.0 Å². The van der Waals surface area contributed by atoms with Crippen LogP contribution >= 0.6 is 15.9 Å². The second kappa shape index (κ2) is 5.24. The molecule has 0 aliphatic heterocycles. The summed E-state index contributed by atoms with van der Waals surface area (Å²) in [4.78, 5) is 4.44. The molecular formula is C14H16BrNOSi. The Kier molecular flexibility index (Phi) is 3.87. The van der Waals surface area contributed by atoms with E-state index in [4.69, 9.17) is 4.43 Å². The minimum atomic E-state index is -1.55. The van der Waals surface area contributed by atoms with Gasteiger partial charge in [-0.3, -0.25) is 4.98 Å². The van der Waals surface area contributed by atoms with E-state index >= 15 is 0 Å². The van der Waals surface area contributed by atoms with Gasteiger partial charge in [0.2, 0.25) is 8.32 Å². The van der Waals surface area contributed by atoms with Gasteiger partial charge >= 0.3 is 0 Å². The minimum absolute atomic E-state index is 0.857. The molecule has 0 saturated carbocycles. The van der Waals surface area contributed by atoms with Crippen LogP contribution in [0.3, 0.4) is 0 Å². The molecule has 0 saturated heterocycles. The molecule has 4 heteroatoms. The van der Waals surface area contributed by atoms with Gasteiger partial charge in [-0.15, -0.1) is 0 Å². The van der Waals surface area contributed by atoms with E-state index in [1.54, 1.807) is 6.20 Å². The van der Waals surface area contributed by atoms with Crippen molar-refractivity contribution in [2.75, 3.05) is 0 Å². The molecule has 0 amide bonds. The molecule has 94 valence electrons. The van der Waals surface area contributed by atoms with Crippen molar-refractivity contribution in [1.29, 1.82) is 0 Å². The highest BCUT2D eigenvalue weighted by molar-refractivity contribution is 9.10. The number of aromatic nitrogens is 1. The second-order valence-corrected chi connectivity index (χ2v) is 10.4. The van der Waals surface area contributed by atoms with Crippen LogP contribution in [0.15, 0.2) is 47.1 Å². The number of hydrogen-bond donors (Lipinski definition) is 0. The smallest absolute Gasteiger partial charge is 0.242 e. The predicted octanol–water partition coefficient (Wildman–Crippen LogP) is 4.72. The normalized spacial score (nSPS) is 11.3. The van der Waals surface area contributed by atoms with Crippen LogP contribution in [-0.2, 0) is 0 Å². The zero-order valence-electron chi connectivity index (χ0n) is 10.8. The van der Waals surface area contributed by atoms with Crippen LogP contribution in [0.5, 0.6) is 5.75 Å². The fourth-order valence-electron chi connectivity index (χ4n) is 1.59. The number of halogens is 1. The summed E-state index contributed by atoms with van der Waals surface area (Å²) in [5, 5.41) is 0. The van der Waals surface area contributed by atoms with Crippen LogP contribution in [0.4, 0.5) is 0 Å². The molecule has 0 fully saturated rings. The Bertz CT molecular complexity index is 517. The molecule has 1 aromatic heterocycles. The van der Waals surface area contributed by atoms with Crippen molar-refractivity contribution in [3.05, 3.63) is 47.1 Å². The average molecular weight is 322 g/mol. The lowest BCUT2D eigenvalue weighted by molar-refractivity contribution is 0.555. The number of benzene rings is 1.